The summed E-state index contributed by atoms with van der Waals surface area (Å²) in [5.41, 5.74) is 8.73. The second-order valence-corrected chi connectivity index (χ2v) is 10.0. The minimum absolute atomic E-state index is 0.0882. The Balaban J connectivity index is 1.54. The number of hydrogen-bond donors (Lipinski definition) is 2. The van der Waals surface area contributed by atoms with Gasteiger partial charge in [-0.1, -0.05) is 30.3 Å². The third-order valence-electron chi connectivity index (χ3n) is 7.57. The SMILES string of the molecule is CNC(=O)c1cccc(C2=C(c3ccc(N4CCN(C(C)C)CC4)cc3)c3cc(O)ccc3CC2)c1. The molecule has 5 heteroatoms. The minimum atomic E-state index is -0.0882. The molecule has 0 spiro atoms. The molecule has 0 saturated carbocycles. The molecule has 5 nitrogen and oxygen atoms in total. The van der Waals surface area contributed by atoms with E-state index in [2.05, 4.69) is 59.3 Å². The van der Waals surface area contributed by atoms with E-state index in [1.807, 2.05) is 30.3 Å². The van der Waals surface area contributed by atoms with Crippen LogP contribution in [-0.4, -0.2) is 55.2 Å². The summed E-state index contributed by atoms with van der Waals surface area (Å²) >= 11 is 0. The fourth-order valence-corrected chi connectivity index (χ4v) is 5.51. The Bertz CT molecular complexity index is 1290. The Morgan fingerprint density at radius 1 is 0.889 bits per heavy atom. The number of amides is 1. The van der Waals surface area contributed by atoms with E-state index in [0.29, 0.717) is 11.6 Å². The number of piperazine rings is 1. The molecule has 1 heterocycles. The number of phenolic OH excluding ortho intramolecular Hbond substituents is 1. The Kier molecular flexibility index (Phi) is 6.84. The standard InChI is InChI=1S/C31H35N3O2/c1-21(2)33-15-17-34(18-16-33)26-11-7-23(8-12-26)30-28(14-10-22-9-13-27(35)20-29(22)30)24-5-4-6-25(19-24)31(36)32-3/h4-9,11-13,19-21,35H,10,14-18H2,1-3H3,(H,32,36). The molecule has 1 saturated heterocycles. The van der Waals surface area contributed by atoms with Crippen LogP contribution >= 0.6 is 0 Å². The molecule has 1 fully saturated rings. The zero-order chi connectivity index (χ0) is 25.2. The van der Waals surface area contributed by atoms with Crippen molar-refractivity contribution in [2.75, 3.05) is 38.1 Å². The fourth-order valence-electron chi connectivity index (χ4n) is 5.51. The molecule has 1 amide bonds. The van der Waals surface area contributed by atoms with E-state index in [9.17, 15) is 9.90 Å². The van der Waals surface area contributed by atoms with E-state index in [1.165, 1.54) is 16.8 Å². The normalized spacial score (nSPS) is 16.3. The van der Waals surface area contributed by atoms with E-state index in [-0.39, 0.29) is 11.7 Å². The molecule has 0 atom stereocenters. The molecule has 0 aromatic heterocycles. The van der Waals surface area contributed by atoms with Crippen LogP contribution in [0.25, 0.3) is 11.1 Å². The van der Waals surface area contributed by atoms with E-state index in [4.69, 9.17) is 0 Å². The van der Waals surface area contributed by atoms with Crippen molar-refractivity contribution >= 4 is 22.7 Å². The zero-order valence-electron chi connectivity index (χ0n) is 21.4. The lowest BCUT2D eigenvalue weighted by Gasteiger charge is -2.38. The topological polar surface area (TPSA) is 55.8 Å². The van der Waals surface area contributed by atoms with E-state index in [0.717, 1.165) is 61.3 Å². The van der Waals surface area contributed by atoms with Gasteiger partial charge in [-0.25, -0.2) is 0 Å². The van der Waals surface area contributed by atoms with Gasteiger partial charge in [0.05, 0.1) is 0 Å². The van der Waals surface area contributed by atoms with Crippen molar-refractivity contribution in [3.8, 4) is 5.75 Å². The summed E-state index contributed by atoms with van der Waals surface area (Å²) in [6, 6.07) is 23.0. The summed E-state index contributed by atoms with van der Waals surface area (Å²) < 4.78 is 0. The highest BCUT2D eigenvalue weighted by Gasteiger charge is 2.24. The van der Waals surface area contributed by atoms with Gasteiger partial charge in [-0.3, -0.25) is 9.69 Å². The molecule has 0 unspecified atom stereocenters. The van der Waals surface area contributed by atoms with Crippen molar-refractivity contribution < 1.29 is 9.90 Å². The van der Waals surface area contributed by atoms with Gasteiger partial charge >= 0.3 is 0 Å². The van der Waals surface area contributed by atoms with Crippen molar-refractivity contribution in [2.45, 2.75) is 32.7 Å². The highest BCUT2D eigenvalue weighted by Crippen LogP contribution is 2.42. The molecule has 0 bridgehead atoms. The number of aryl methyl sites for hydroxylation is 1. The lowest BCUT2D eigenvalue weighted by molar-refractivity contribution is 0.0963. The monoisotopic (exact) mass is 481 g/mol. The highest BCUT2D eigenvalue weighted by molar-refractivity contribution is 6.02. The number of phenols is 1. The first-order valence-electron chi connectivity index (χ1n) is 12.9. The van der Waals surface area contributed by atoms with Gasteiger partial charge in [0.2, 0.25) is 0 Å². The molecule has 3 aromatic rings. The first-order chi connectivity index (χ1) is 17.4. The molecular formula is C31H35N3O2. The molecule has 1 aliphatic carbocycles. The quantitative estimate of drug-likeness (QED) is 0.527. The van der Waals surface area contributed by atoms with Crippen LogP contribution in [0.5, 0.6) is 5.75 Å². The Hall–Kier alpha value is -3.57. The van der Waals surface area contributed by atoms with Crippen molar-refractivity contribution in [1.82, 2.24) is 10.2 Å². The number of carbonyl (C=O) groups excluding carboxylic acids is 1. The largest absolute Gasteiger partial charge is 0.508 e. The Morgan fingerprint density at radius 2 is 1.64 bits per heavy atom. The van der Waals surface area contributed by atoms with Crippen LogP contribution in [0, 0.1) is 0 Å². The second kappa shape index (κ2) is 10.2. The number of nitrogens with one attached hydrogen (secondary N) is 1. The van der Waals surface area contributed by atoms with Gasteiger partial charge in [-0.05, 0) is 96.5 Å². The van der Waals surface area contributed by atoms with Gasteiger partial charge in [0, 0.05) is 50.5 Å². The van der Waals surface area contributed by atoms with Crippen molar-refractivity contribution in [3.63, 3.8) is 0 Å². The first-order valence-corrected chi connectivity index (χ1v) is 12.9. The van der Waals surface area contributed by atoms with E-state index in [1.54, 1.807) is 13.1 Å². The van der Waals surface area contributed by atoms with Gasteiger partial charge in [-0.2, -0.15) is 0 Å². The van der Waals surface area contributed by atoms with Crippen molar-refractivity contribution in [3.05, 3.63) is 94.5 Å². The summed E-state index contributed by atoms with van der Waals surface area (Å²) in [7, 11) is 1.66. The average molecular weight is 482 g/mol. The van der Waals surface area contributed by atoms with Crippen LogP contribution in [0.2, 0.25) is 0 Å². The number of nitrogens with zero attached hydrogens (tertiary/aromatic N) is 2. The van der Waals surface area contributed by atoms with Crippen molar-refractivity contribution in [2.24, 2.45) is 0 Å². The molecule has 36 heavy (non-hydrogen) atoms. The number of rotatable bonds is 5. The van der Waals surface area contributed by atoms with Gasteiger partial charge in [-0.15, -0.1) is 0 Å². The number of carbonyl (C=O) groups is 1. The second-order valence-electron chi connectivity index (χ2n) is 10.0. The molecule has 5 rings (SSSR count). The summed E-state index contributed by atoms with van der Waals surface area (Å²) in [6.07, 6.45) is 1.78. The van der Waals surface area contributed by atoms with Crippen LogP contribution in [0.15, 0.2) is 66.7 Å². The zero-order valence-corrected chi connectivity index (χ0v) is 21.4. The number of aromatic hydroxyl groups is 1. The maximum atomic E-state index is 12.3. The number of anilines is 1. The Morgan fingerprint density at radius 3 is 2.33 bits per heavy atom. The fraction of sp³-hybridized carbons (Fsp3) is 0.323. The summed E-state index contributed by atoms with van der Waals surface area (Å²) in [4.78, 5) is 17.3. The lowest BCUT2D eigenvalue weighted by Crippen LogP contribution is -2.48. The minimum Gasteiger partial charge on any atom is -0.508 e. The molecule has 3 aromatic carbocycles. The maximum Gasteiger partial charge on any atom is 0.251 e. The lowest BCUT2D eigenvalue weighted by atomic mass is 9.79. The van der Waals surface area contributed by atoms with Gasteiger partial charge in [0.1, 0.15) is 5.75 Å². The van der Waals surface area contributed by atoms with E-state index >= 15 is 0 Å². The van der Waals surface area contributed by atoms with Crippen molar-refractivity contribution in [1.29, 1.82) is 0 Å². The Labute approximate surface area is 214 Å². The molecule has 2 aliphatic rings. The summed E-state index contributed by atoms with van der Waals surface area (Å²) in [6.45, 7) is 8.77. The average Bonchev–Trinajstić information content (AvgIpc) is 2.92. The number of allylic oxidation sites excluding steroid dienone is 1. The highest BCUT2D eigenvalue weighted by atomic mass is 16.3. The third kappa shape index (κ3) is 4.76. The first kappa shape index (κ1) is 24.1. The predicted molar refractivity (Wildman–Crippen MR) is 148 cm³/mol. The smallest absolute Gasteiger partial charge is 0.251 e. The number of hydrogen-bond acceptors (Lipinski definition) is 4. The van der Waals surface area contributed by atoms with Gasteiger partial charge in [0.15, 0.2) is 0 Å². The van der Waals surface area contributed by atoms with Crippen LogP contribution in [-0.2, 0) is 6.42 Å². The molecular weight excluding hydrogens is 446 g/mol. The predicted octanol–water partition coefficient (Wildman–Crippen LogP) is 5.19. The molecule has 2 N–H and O–H groups in total. The summed E-state index contributed by atoms with van der Waals surface area (Å²) in [5.74, 6) is 0.182. The van der Waals surface area contributed by atoms with E-state index < -0.39 is 0 Å². The number of fused-ring (bicyclic) bond motifs is 1. The van der Waals surface area contributed by atoms with Crippen LogP contribution in [0.1, 0.15) is 52.9 Å². The molecule has 186 valence electrons. The van der Waals surface area contributed by atoms with Gasteiger partial charge < -0.3 is 15.3 Å². The van der Waals surface area contributed by atoms with Crippen LogP contribution in [0.3, 0.4) is 0 Å². The third-order valence-corrected chi connectivity index (χ3v) is 7.57. The van der Waals surface area contributed by atoms with Gasteiger partial charge in [0.25, 0.3) is 5.91 Å². The summed E-state index contributed by atoms with van der Waals surface area (Å²) in [5, 5.41) is 13.1. The molecule has 1 aliphatic heterocycles. The molecule has 0 radical (unpaired) electrons. The maximum absolute atomic E-state index is 12.3. The van der Waals surface area contributed by atoms with Crippen LogP contribution in [0.4, 0.5) is 5.69 Å². The van der Waals surface area contributed by atoms with Crippen LogP contribution < -0.4 is 10.2 Å². The number of benzene rings is 3.